The van der Waals surface area contributed by atoms with Crippen molar-refractivity contribution in [2.75, 3.05) is 18.5 Å². The van der Waals surface area contributed by atoms with Gasteiger partial charge in [-0.25, -0.2) is 8.78 Å². The van der Waals surface area contributed by atoms with Crippen molar-refractivity contribution in [3.63, 3.8) is 0 Å². The molecule has 100 valence electrons. The summed E-state index contributed by atoms with van der Waals surface area (Å²) in [6.07, 6.45) is 0. The number of halogens is 2. The number of nitrogens with two attached hydrogens (primary N) is 1. The molecule has 0 aromatic heterocycles. The Labute approximate surface area is 111 Å². The van der Waals surface area contributed by atoms with E-state index in [9.17, 15) is 8.78 Å². The van der Waals surface area contributed by atoms with Gasteiger partial charge in [0.15, 0.2) is 0 Å². The number of hydrogen-bond donors (Lipinski definition) is 1. The van der Waals surface area contributed by atoms with Crippen LogP contribution in [-0.4, -0.2) is 13.6 Å². The predicted molar refractivity (Wildman–Crippen MR) is 73.0 cm³/mol. The van der Waals surface area contributed by atoms with E-state index in [0.29, 0.717) is 12.2 Å². The second kappa shape index (κ2) is 5.80. The highest BCUT2D eigenvalue weighted by Gasteiger charge is 2.12. The van der Waals surface area contributed by atoms with E-state index in [-0.39, 0.29) is 17.7 Å². The summed E-state index contributed by atoms with van der Waals surface area (Å²) in [7, 11) is 1.78. The average molecular weight is 262 g/mol. The van der Waals surface area contributed by atoms with Gasteiger partial charge in [-0.2, -0.15) is 0 Å². The highest BCUT2D eigenvalue weighted by Crippen LogP contribution is 2.20. The lowest BCUT2D eigenvalue weighted by atomic mass is 10.1. The van der Waals surface area contributed by atoms with Crippen LogP contribution in [0.4, 0.5) is 14.5 Å². The van der Waals surface area contributed by atoms with Crippen LogP contribution < -0.4 is 10.6 Å². The molecule has 1 unspecified atom stereocenters. The maximum absolute atomic E-state index is 13.6. The molecule has 0 aliphatic heterocycles. The molecule has 0 fully saturated rings. The Morgan fingerprint density at radius 3 is 2.32 bits per heavy atom. The minimum atomic E-state index is -0.301. The number of anilines is 1. The number of likely N-dealkylation sites (N-methyl/N-ethyl adjacent to an activating group) is 1. The zero-order valence-corrected chi connectivity index (χ0v) is 10.7. The van der Waals surface area contributed by atoms with Crippen molar-refractivity contribution in [3.05, 3.63) is 65.7 Å². The molecule has 0 aliphatic carbocycles. The Balaban J connectivity index is 2.08. The van der Waals surface area contributed by atoms with Crippen LogP contribution in [0.3, 0.4) is 0 Å². The molecule has 2 aromatic rings. The molecule has 2 rings (SSSR count). The SMILES string of the molecule is CN(CC(N)c1ccc(F)cc1)c1ccccc1F. The predicted octanol–water partition coefficient (Wildman–Crippen LogP) is 3.10. The van der Waals surface area contributed by atoms with Crippen LogP contribution in [0.25, 0.3) is 0 Å². The van der Waals surface area contributed by atoms with Gasteiger partial charge in [-0.3, -0.25) is 0 Å². The Kier molecular flexibility index (Phi) is 4.12. The number of para-hydroxylation sites is 1. The second-order valence-electron chi connectivity index (χ2n) is 4.49. The fraction of sp³-hybridized carbons (Fsp3) is 0.200. The van der Waals surface area contributed by atoms with Crippen molar-refractivity contribution in [3.8, 4) is 0 Å². The highest BCUT2D eigenvalue weighted by atomic mass is 19.1. The number of rotatable bonds is 4. The molecule has 0 bridgehead atoms. The maximum atomic E-state index is 13.6. The van der Waals surface area contributed by atoms with E-state index in [2.05, 4.69) is 0 Å². The number of nitrogens with zero attached hydrogens (tertiary/aromatic N) is 1. The van der Waals surface area contributed by atoms with Crippen LogP contribution in [-0.2, 0) is 0 Å². The molecule has 0 amide bonds. The average Bonchev–Trinajstić information content (AvgIpc) is 2.39. The first kappa shape index (κ1) is 13.5. The monoisotopic (exact) mass is 262 g/mol. The summed E-state index contributed by atoms with van der Waals surface area (Å²) in [6.45, 7) is 0.451. The van der Waals surface area contributed by atoms with E-state index >= 15 is 0 Å². The molecule has 0 radical (unpaired) electrons. The van der Waals surface area contributed by atoms with E-state index in [0.717, 1.165) is 5.56 Å². The number of hydrogen-bond acceptors (Lipinski definition) is 2. The Hall–Kier alpha value is -1.94. The molecular formula is C15H16F2N2. The molecule has 0 saturated heterocycles. The summed E-state index contributed by atoms with van der Waals surface area (Å²) in [5, 5.41) is 0. The van der Waals surface area contributed by atoms with E-state index in [4.69, 9.17) is 5.73 Å². The first-order valence-electron chi connectivity index (χ1n) is 6.04. The quantitative estimate of drug-likeness (QED) is 0.917. The van der Waals surface area contributed by atoms with Gasteiger partial charge in [0.05, 0.1) is 5.69 Å². The first-order chi connectivity index (χ1) is 9.08. The molecule has 2 aromatic carbocycles. The van der Waals surface area contributed by atoms with Crippen LogP contribution in [0, 0.1) is 11.6 Å². The van der Waals surface area contributed by atoms with Gasteiger partial charge in [-0.05, 0) is 29.8 Å². The van der Waals surface area contributed by atoms with Crippen LogP contribution in [0.5, 0.6) is 0 Å². The molecule has 2 N–H and O–H groups in total. The lowest BCUT2D eigenvalue weighted by Gasteiger charge is -2.24. The van der Waals surface area contributed by atoms with E-state index in [1.54, 1.807) is 42.3 Å². The highest BCUT2D eigenvalue weighted by molar-refractivity contribution is 5.47. The zero-order valence-electron chi connectivity index (χ0n) is 10.7. The van der Waals surface area contributed by atoms with Gasteiger partial charge in [-0.15, -0.1) is 0 Å². The van der Waals surface area contributed by atoms with Crippen LogP contribution >= 0.6 is 0 Å². The standard InChI is InChI=1S/C15H16F2N2/c1-19(15-5-3-2-4-13(15)17)10-14(18)11-6-8-12(16)9-7-11/h2-9,14H,10,18H2,1H3. The van der Waals surface area contributed by atoms with Crippen molar-refractivity contribution in [1.29, 1.82) is 0 Å². The first-order valence-corrected chi connectivity index (χ1v) is 6.04. The van der Waals surface area contributed by atoms with Gasteiger partial charge in [-0.1, -0.05) is 24.3 Å². The smallest absolute Gasteiger partial charge is 0.146 e. The third kappa shape index (κ3) is 3.29. The summed E-state index contributed by atoms with van der Waals surface area (Å²) < 4.78 is 26.4. The Morgan fingerprint density at radius 1 is 1.05 bits per heavy atom. The summed E-state index contributed by atoms with van der Waals surface area (Å²) in [6, 6.07) is 12.3. The topological polar surface area (TPSA) is 29.3 Å². The summed E-state index contributed by atoms with van der Waals surface area (Å²) in [5.41, 5.74) is 7.37. The third-order valence-corrected chi connectivity index (χ3v) is 3.03. The second-order valence-corrected chi connectivity index (χ2v) is 4.49. The van der Waals surface area contributed by atoms with Crippen molar-refractivity contribution in [2.45, 2.75) is 6.04 Å². The van der Waals surface area contributed by atoms with Crippen molar-refractivity contribution in [2.24, 2.45) is 5.73 Å². The molecule has 0 saturated carbocycles. The minimum absolute atomic E-state index is 0.281. The molecule has 19 heavy (non-hydrogen) atoms. The normalized spacial score (nSPS) is 12.2. The minimum Gasteiger partial charge on any atom is -0.370 e. The van der Waals surface area contributed by atoms with Crippen LogP contribution in [0.2, 0.25) is 0 Å². The lowest BCUT2D eigenvalue weighted by Crippen LogP contribution is -2.29. The number of benzene rings is 2. The van der Waals surface area contributed by atoms with E-state index < -0.39 is 0 Å². The summed E-state index contributed by atoms with van der Waals surface area (Å²) in [5.74, 6) is -0.574. The van der Waals surface area contributed by atoms with Crippen LogP contribution in [0.1, 0.15) is 11.6 Å². The molecule has 0 heterocycles. The van der Waals surface area contributed by atoms with E-state index in [1.165, 1.54) is 18.2 Å². The molecule has 0 aliphatic rings. The fourth-order valence-corrected chi connectivity index (χ4v) is 1.97. The van der Waals surface area contributed by atoms with Crippen molar-refractivity contribution < 1.29 is 8.78 Å². The van der Waals surface area contributed by atoms with Gasteiger partial charge in [0, 0.05) is 19.6 Å². The van der Waals surface area contributed by atoms with Gasteiger partial charge in [0.1, 0.15) is 11.6 Å². The van der Waals surface area contributed by atoms with Gasteiger partial charge >= 0.3 is 0 Å². The van der Waals surface area contributed by atoms with Gasteiger partial charge in [0.2, 0.25) is 0 Å². The van der Waals surface area contributed by atoms with Crippen molar-refractivity contribution in [1.82, 2.24) is 0 Å². The lowest BCUT2D eigenvalue weighted by molar-refractivity contribution is 0.612. The van der Waals surface area contributed by atoms with Crippen molar-refractivity contribution >= 4 is 5.69 Å². The largest absolute Gasteiger partial charge is 0.370 e. The summed E-state index contributed by atoms with van der Waals surface area (Å²) >= 11 is 0. The zero-order chi connectivity index (χ0) is 13.8. The van der Waals surface area contributed by atoms with Gasteiger partial charge < -0.3 is 10.6 Å². The summed E-state index contributed by atoms with van der Waals surface area (Å²) in [4.78, 5) is 1.75. The Morgan fingerprint density at radius 2 is 1.68 bits per heavy atom. The Bertz CT molecular complexity index is 540. The van der Waals surface area contributed by atoms with Crippen LogP contribution in [0.15, 0.2) is 48.5 Å². The molecule has 2 nitrogen and oxygen atoms in total. The van der Waals surface area contributed by atoms with Gasteiger partial charge in [0.25, 0.3) is 0 Å². The molecular weight excluding hydrogens is 246 g/mol. The molecule has 0 spiro atoms. The third-order valence-electron chi connectivity index (χ3n) is 3.03. The van der Waals surface area contributed by atoms with E-state index in [1.807, 2.05) is 0 Å². The molecule has 4 heteroatoms. The fourth-order valence-electron chi connectivity index (χ4n) is 1.97. The molecule has 1 atom stereocenters. The maximum Gasteiger partial charge on any atom is 0.146 e.